The molecule has 0 unspecified atom stereocenters. The maximum atomic E-state index is 5.37. The van der Waals surface area contributed by atoms with E-state index in [1.54, 1.807) is 18.6 Å². The average molecular weight is 323 g/mol. The Morgan fingerprint density at radius 3 is 2.91 bits per heavy atom. The van der Waals surface area contributed by atoms with Crippen LogP contribution in [0.1, 0.15) is 17.0 Å². The molecule has 2 heterocycles. The Balaban J connectivity index is 1.70. The molecule has 5 heteroatoms. The zero-order valence-electron chi connectivity index (χ0n) is 12.8. The number of H-pyrrole nitrogens is 1. The highest BCUT2D eigenvalue weighted by Gasteiger charge is 2.00. The van der Waals surface area contributed by atoms with Gasteiger partial charge in [-0.05, 0) is 48.0 Å². The molecule has 0 aliphatic rings. The van der Waals surface area contributed by atoms with Crippen LogP contribution in [0.15, 0.2) is 55.0 Å². The zero-order valence-corrected chi connectivity index (χ0v) is 13.6. The second-order valence-corrected chi connectivity index (χ2v) is 5.49. The van der Waals surface area contributed by atoms with Crippen LogP contribution >= 0.6 is 12.0 Å². The Kier molecular flexibility index (Phi) is 5.24. The Morgan fingerprint density at radius 2 is 2.09 bits per heavy atom. The fraction of sp³-hybridized carbons (Fsp3) is 0.111. The molecule has 4 nitrogen and oxygen atoms in total. The van der Waals surface area contributed by atoms with Crippen LogP contribution in [0.2, 0.25) is 0 Å². The number of aromatic amines is 1. The van der Waals surface area contributed by atoms with Crippen LogP contribution in [0.3, 0.4) is 0 Å². The SMILES string of the molecule is CSOCc1ccc2[nH]c(/C=C/C=C/c3cnccn3)cc2c1. The number of allylic oxidation sites excluding steroid dienone is 2. The fourth-order valence-corrected chi connectivity index (χ4v) is 2.48. The Morgan fingerprint density at radius 1 is 1.17 bits per heavy atom. The summed E-state index contributed by atoms with van der Waals surface area (Å²) in [5, 5.41) is 1.18. The van der Waals surface area contributed by atoms with Gasteiger partial charge in [0, 0.05) is 35.2 Å². The molecular weight excluding hydrogens is 306 g/mol. The topological polar surface area (TPSA) is 50.8 Å². The first-order chi connectivity index (χ1) is 11.3. The minimum atomic E-state index is 0.619. The minimum absolute atomic E-state index is 0.619. The molecule has 0 aliphatic heterocycles. The van der Waals surface area contributed by atoms with E-state index in [2.05, 4.69) is 39.2 Å². The standard InChI is InChI=1S/C18H17N3OS/c1-23-22-13-14-6-7-18-15(10-14)11-16(21-18)4-2-3-5-17-12-19-8-9-20-17/h2-12,21H,13H2,1H3/b4-2+,5-3+. The van der Waals surface area contributed by atoms with Crippen molar-refractivity contribution in [3.05, 3.63) is 72.0 Å². The molecule has 2 aromatic heterocycles. The van der Waals surface area contributed by atoms with Crippen LogP contribution in [0.5, 0.6) is 0 Å². The highest BCUT2D eigenvalue weighted by Crippen LogP contribution is 2.19. The molecule has 0 aliphatic carbocycles. The molecule has 0 amide bonds. The first kappa shape index (κ1) is 15.5. The van der Waals surface area contributed by atoms with Gasteiger partial charge in [0.1, 0.15) is 0 Å². The molecular formula is C18H17N3OS. The van der Waals surface area contributed by atoms with Crippen LogP contribution in [0.25, 0.3) is 23.1 Å². The second kappa shape index (κ2) is 7.76. The van der Waals surface area contributed by atoms with E-state index >= 15 is 0 Å². The third-order valence-electron chi connectivity index (χ3n) is 3.29. The van der Waals surface area contributed by atoms with E-state index < -0.39 is 0 Å². The highest BCUT2D eigenvalue weighted by molar-refractivity contribution is 7.93. The molecule has 116 valence electrons. The van der Waals surface area contributed by atoms with Crippen LogP contribution in [0.4, 0.5) is 0 Å². The van der Waals surface area contributed by atoms with Gasteiger partial charge in [0.2, 0.25) is 0 Å². The lowest BCUT2D eigenvalue weighted by Crippen LogP contribution is -1.84. The van der Waals surface area contributed by atoms with Crippen LogP contribution in [-0.2, 0) is 10.8 Å². The minimum Gasteiger partial charge on any atom is -0.355 e. The molecule has 3 rings (SSSR count). The van der Waals surface area contributed by atoms with Gasteiger partial charge in [-0.2, -0.15) is 0 Å². The maximum absolute atomic E-state index is 5.37. The summed E-state index contributed by atoms with van der Waals surface area (Å²) in [4.78, 5) is 11.6. The molecule has 0 bridgehead atoms. The highest BCUT2D eigenvalue weighted by atomic mass is 32.2. The van der Waals surface area contributed by atoms with E-state index in [0.29, 0.717) is 6.61 Å². The van der Waals surface area contributed by atoms with Gasteiger partial charge in [-0.1, -0.05) is 18.2 Å². The molecule has 23 heavy (non-hydrogen) atoms. The van der Waals surface area contributed by atoms with Gasteiger partial charge >= 0.3 is 0 Å². The summed E-state index contributed by atoms with van der Waals surface area (Å²) in [6, 6.07) is 8.44. The van der Waals surface area contributed by atoms with Gasteiger partial charge in [0.25, 0.3) is 0 Å². The van der Waals surface area contributed by atoms with Crippen molar-refractivity contribution in [1.82, 2.24) is 15.0 Å². The van der Waals surface area contributed by atoms with Gasteiger partial charge in [0.15, 0.2) is 0 Å². The molecule has 0 radical (unpaired) electrons. The van der Waals surface area contributed by atoms with Crippen molar-refractivity contribution in [1.29, 1.82) is 0 Å². The smallest absolute Gasteiger partial charge is 0.0864 e. The van der Waals surface area contributed by atoms with Gasteiger partial charge in [-0.15, -0.1) is 0 Å². The molecule has 0 fully saturated rings. The summed E-state index contributed by atoms with van der Waals surface area (Å²) in [7, 11) is 0. The van der Waals surface area contributed by atoms with E-state index in [1.807, 2.05) is 30.6 Å². The molecule has 1 N–H and O–H groups in total. The maximum Gasteiger partial charge on any atom is 0.0864 e. The summed E-state index contributed by atoms with van der Waals surface area (Å²) < 4.78 is 5.37. The summed E-state index contributed by atoms with van der Waals surface area (Å²) in [5.74, 6) is 0. The zero-order chi connectivity index (χ0) is 15.9. The van der Waals surface area contributed by atoms with Crippen molar-refractivity contribution in [3.8, 4) is 0 Å². The first-order valence-electron chi connectivity index (χ1n) is 7.23. The van der Waals surface area contributed by atoms with Crippen molar-refractivity contribution >= 4 is 35.1 Å². The van der Waals surface area contributed by atoms with Crippen molar-refractivity contribution in [3.63, 3.8) is 0 Å². The van der Waals surface area contributed by atoms with Crippen LogP contribution < -0.4 is 0 Å². The van der Waals surface area contributed by atoms with Crippen LogP contribution in [0, 0.1) is 0 Å². The Bertz CT molecular complexity index is 825. The van der Waals surface area contributed by atoms with E-state index in [1.165, 1.54) is 23.0 Å². The monoisotopic (exact) mass is 323 g/mol. The quantitative estimate of drug-likeness (QED) is 0.537. The van der Waals surface area contributed by atoms with Gasteiger partial charge in [-0.25, -0.2) is 0 Å². The van der Waals surface area contributed by atoms with E-state index in [0.717, 1.165) is 16.9 Å². The number of hydrogen-bond donors (Lipinski definition) is 1. The van der Waals surface area contributed by atoms with E-state index in [9.17, 15) is 0 Å². The first-order valence-corrected chi connectivity index (χ1v) is 8.38. The molecule has 3 aromatic rings. The molecule has 0 saturated carbocycles. The van der Waals surface area contributed by atoms with Gasteiger partial charge in [0.05, 0.1) is 18.5 Å². The molecule has 0 spiro atoms. The normalized spacial score (nSPS) is 11.9. The number of rotatable bonds is 6. The lowest BCUT2D eigenvalue weighted by atomic mass is 10.1. The second-order valence-electron chi connectivity index (χ2n) is 4.92. The third kappa shape index (κ3) is 4.31. The summed E-state index contributed by atoms with van der Waals surface area (Å²) in [6.45, 7) is 0.619. The van der Waals surface area contributed by atoms with Crippen molar-refractivity contribution in [2.24, 2.45) is 0 Å². The summed E-state index contributed by atoms with van der Waals surface area (Å²) in [6.07, 6.45) is 14.9. The average Bonchev–Trinajstić information content (AvgIpc) is 3.00. The molecule has 0 saturated heterocycles. The predicted octanol–water partition coefficient (Wildman–Crippen LogP) is 4.48. The van der Waals surface area contributed by atoms with Crippen LogP contribution in [-0.4, -0.2) is 21.2 Å². The third-order valence-corrected chi connectivity index (χ3v) is 3.64. The number of fused-ring (bicyclic) bond motifs is 1. The number of nitrogens with zero attached hydrogens (tertiary/aromatic N) is 2. The Hall–Kier alpha value is -2.37. The lowest BCUT2D eigenvalue weighted by molar-refractivity contribution is 0.366. The largest absolute Gasteiger partial charge is 0.355 e. The van der Waals surface area contributed by atoms with Crippen molar-refractivity contribution < 1.29 is 4.18 Å². The summed E-state index contributed by atoms with van der Waals surface area (Å²) >= 11 is 1.38. The number of nitrogens with one attached hydrogen (secondary N) is 1. The number of benzene rings is 1. The van der Waals surface area contributed by atoms with Gasteiger partial charge < -0.3 is 9.17 Å². The number of aromatic nitrogens is 3. The van der Waals surface area contributed by atoms with Gasteiger partial charge in [-0.3, -0.25) is 9.97 Å². The lowest BCUT2D eigenvalue weighted by Gasteiger charge is -1.99. The number of hydrogen-bond acceptors (Lipinski definition) is 4. The summed E-state index contributed by atoms with van der Waals surface area (Å²) in [5.41, 5.74) is 4.19. The molecule has 1 aromatic carbocycles. The fourth-order valence-electron chi connectivity index (χ4n) is 2.22. The van der Waals surface area contributed by atoms with Crippen molar-refractivity contribution in [2.75, 3.05) is 6.26 Å². The van der Waals surface area contributed by atoms with E-state index in [4.69, 9.17) is 4.18 Å². The Labute approximate surface area is 139 Å². The van der Waals surface area contributed by atoms with Crippen molar-refractivity contribution in [2.45, 2.75) is 6.61 Å². The molecule has 0 atom stereocenters. The predicted molar refractivity (Wildman–Crippen MR) is 96.7 cm³/mol. The van der Waals surface area contributed by atoms with E-state index in [-0.39, 0.29) is 0 Å².